The maximum atomic E-state index is 11.0. The number of carboxylic acids is 1. The molecule has 1 heterocycles. The van der Waals surface area contributed by atoms with E-state index in [1.165, 1.54) is 5.56 Å². The molecule has 4 heteroatoms. The van der Waals surface area contributed by atoms with Gasteiger partial charge in [-0.15, -0.1) is 0 Å². The lowest BCUT2D eigenvalue weighted by Crippen LogP contribution is -2.19. The molecule has 2 aromatic carbocycles. The van der Waals surface area contributed by atoms with Crippen LogP contribution in [0.3, 0.4) is 0 Å². The number of carboxylic acid groups (broad SMARTS) is 1. The van der Waals surface area contributed by atoms with Gasteiger partial charge in [-0.3, -0.25) is 0 Å². The van der Waals surface area contributed by atoms with Crippen molar-refractivity contribution in [2.45, 2.75) is 26.2 Å². The molecule has 4 nitrogen and oxygen atoms in total. The Morgan fingerprint density at radius 2 is 1.83 bits per heavy atom. The highest BCUT2D eigenvalue weighted by molar-refractivity contribution is 5.88. The number of ether oxygens (including phenoxy) is 1. The van der Waals surface area contributed by atoms with Crippen LogP contribution < -0.4 is 9.64 Å². The van der Waals surface area contributed by atoms with E-state index in [1.807, 2.05) is 19.2 Å². The van der Waals surface area contributed by atoms with E-state index in [1.54, 1.807) is 12.1 Å². The summed E-state index contributed by atoms with van der Waals surface area (Å²) < 4.78 is 5.84. The fourth-order valence-corrected chi connectivity index (χ4v) is 2.95. The second-order valence-corrected chi connectivity index (χ2v) is 6.72. The van der Waals surface area contributed by atoms with Gasteiger partial charge in [0, 0.05) is 29.4 Å². The average Bonchev–Trinajstić information content (AvgIpc) is 2.82. The number of hydrogen-bond donors (Lipinski definition) is 1. The van der Waals surface area contributed by atoms with E-state index >= 15 is 0 Å². The molecule has 0 bridgehead atoms. The summed E-state index contributed by atoms with van der Waals surface area (Å²) in [4.78, 5) is 13.0. The Morgan fingerprint density at radius 3 is 2.43 bits per heavy atom. The number of fused-ring (bicyclic) bond motifs is 1. The van der Waals surface area contributed by atoms with Gasteiger partial charge in [0.15, 0.2) is 0 Å². The van der Waals surface area contributed by atoms with Crippen LogP contribution in [0, 0.1) is 6.92 Å². The van der Waals surface area contributed by atoms with Gasteiger partial charge < -0.3 is 14.7 Å². The summed E-state index contributed by atoms with van der Waals surface area (Å²) in [5.74, 6) is 0.0832. The molecule has 0 atom stereocenters. The number of anilines is 2. The van der Waals surface area contributed by atoms with E-state index in [2.05, 4.69) is 37.8 Å². The Balaban J connectivity index is 1.99. The molecule has 120 valence electrons. The Hall–Kier alpha value is -2.49. The van der Waals surface area contributed by atoms with Gasteiger partial charge in [-0.25, -0.2) is 4.79 Å². The van der Waals surface area contributed by atoms with Crippen molar-refractivity contribution in [3.8, 4) is 5.75 Å². The van der Waals surface area contributed by atoms with Crippen LogP contribution in [-0.2, 0) is 5.41 Å². The molecule has 0 amide bonds. The first-order valence-corrected chi connectivity index (χ1v) is 7.64. The molecule has 3 rings (SSSR count). The first-order chi connectivity index (χ1) is 10.8. The second kappa shape index (κ2) is 5.30. The second-order valence-electron chi connectivity index (χ2n) is 6.72. The predicted molar refractivity (Wildman–Crippen MR) is 91.2 cm³/mol. The normalized spacial score (nSPS) is 15.0. The van der Waals surface area contributed by atoms with Crippen LogP contribution in [0.25, 0.3) is 0 Å². The van der Waals surface area contributed by atoms with Crippen molar-refractivity contribution in [3.05, 3.63) is 53.1 Å². The fourth-order valence-electron chi connectivity index (χ4n) is 2.95. The number of aromatic carboxylic acids is 1. The van der Waals surface area contributed by atoms with Crippen LogP contribution in [0.1, 0.15) is 35.3 Å². The van der Waals surface area contributed by atoms with Gasteiger partial charge in [0.05, 0.1) is 12.2 Å². The van der Waals surface area contributed by atoms with Crippen molar-refractivity contribution >= 4 is 17.3 Å². The molecule has 23 heavy (non-hydrogen) atoms. The smallest absolute Gasteiger partial charge is 0.335 e. The van der Waals surface area contributed by atoms with Crippen LogP contribution in [0.2, 0.25) is 0 Å². The van der Waals surface area contributed by atoms with Gasteiger partial charge in [-0.05, 0) is 48.9 Å². The molecule has 0 aliphatic carbocycles. The Labute approximate surface area is 136 Å². The molecule has 0 saturated heterocycles. The van der Waals surface area contributed by atoms with Crippen LogP contribution in [0.15, 0.2) is 36.4 Å². The molecule has 0 unspecified atom stereocenters. The number of aryl methyl sites for hydroxylation is 1. The standard InChI is InChI=1S/C19H21NO3/c1-12-9-15(10-16-17(12)23-11-19(16,2)3)20(4)14-7-5-13(6-8-14)18(21)22/h5-10H,11H2,1-4H3,(H,21,22). The monoisotopic (exact) mass is 311 g/mol. The van der Waals surface area contributed by atoms with Crippen molar-refractivity contribution in [1.29, 1.82) is 0 Å². The van der Waals surface area contributed by atoms with Gasteiger partial charge in [0.1, 0.15) is 5.75 Å². The third-order valence-corrected chi connectivity index (χ3v) is 4.45. The van der Waals surface area contributed by atoms with Gasteiger partial charge in [-0.2, -0.15) is 0 Å². The summed E-state index contributed by atoms with van der Waals surface area (Å²) >= 11 is 0. The fraction of sp³-hybridized carbons (Fsp3) is 0.316. The third kappa shape index (κ3) is 2.65. The lowest BCUT2D eigenvalue weighted by atomic mass is 9.86. The Kier molecular flexibility index (Phi) is 3.55. The maximum Gasteiger partial charge on any atom is 0.335 e. The van der Waals surface area contributed by atoms with Gasteiger partial charge >= 0.3 is 5.97 Å². The first kappa shape index (κ1) is 15.4. The van der Waals surface area contributed by atoms with E-state index in [9.17, 15) is 4.79 Å². The highest BCUT2D eigenvalue weighted by Gasteiger charge is 2.33. The van der Waals surface area contributed by atoms with Crippen molar-refractivity contribution in [2.24, 2.45) is 0 Å². The Bertz CT molecular complexity index is 763. The van der Waals surface area contributed by atoms with Crippen LogP contribution in [0.4, 0.5) is 11.4 Å². The van der Waals surface area contributed by atoms with Gasteiger partial charge in [-0.1, -0.05) is 13.8 Å². The molecular formula is C19H21NO3. The highest BCUT2D eigenvalue weighted by atomic mass is 16.5. The molecule has 0 aromatic heterocycles. The summed E-state index contributed by atoms with van der Waals surface area (Å²) in [5, 5.41) is 9.00. The summed E-state index contributed by atoms with van der Waals surface area (Å²) in [6.07, 6.45) is 0. The zero-order valence-corrected chi connectivity index (χ0v) is 13.9. The summed E-state index contributed by atoms with van der Waals surface area (Å²) in [5.41, 5.74) is 4.67. The average molecular weight is 311 g/mol. The largest absolute Gasteiger partial charge is 0.492 e. The zero-order chi connectivity index (χ0) is 16.8. The molecule has 0 fully saturated rings. The third-order valence-electron chi connectivity index (χ3n) is 4.45. The molecule has 0 radical (unpaired) electrons. The molecule has 1 aliphatic rings. The summed E-state index contributed by atoms with van der Waals surface area (Å²) in [6.45, 7) is 7.13. The topological polar surface area (TPSA) is 49.8 Å². The van der Waals surface area contributed by atoms with Crippen molar-refractivity contribution < 1.29 is 14.6 Å². The minimum atomic E-state index is -0.911. The van der Waals surface area contributed by atoms with E-state index in [0.717, 1.165) is 22.7 Å². The minimum Gasteiger partial charge on any atom is -0.492 e. The van der Waals surface area contributed by atoms with Crippen molar-refractivity contribution in [3.63, 3.8) is 0 Å². The number of carbonyl (C=O) groups is 1. The van der Waals surface area contributed by atoms with Crippen LogP contribution in [-0.4, -0.2) is 24.7 Å². The summed E-state index contributed by atoms with van der Waals surface area (Å²) in [7, 11) is 1.99. The molecule has 1 aliphatic heterocycles. The van der Waals surface area contributed by atoms with E-state index in [0.29, 0.717) is 12.2 Å². The lowest BCUT2D eigenvalue weighted by molar-refractivity contribution is 0.0697. The first-order valence-electron chi connectivity index (χ1n) is 7.64. The van der Waals surface area contributed by atoms with Crippen LogP contribution >= 0.6 is 0 Å². The van der Waals surface area contributed by atoms with Crippen molar-refractivity contribution in [2.75, 3.05) is 18.6 Å². The minimum absolute atomic E-state index is 0.00408. The molecule has 1 N–H and O–H groups in total. The van der Waals surface area contributed by atoms with E-state index in [4.69, 9.17) is 9.84 Å². The van der Waals surface area contributed by atoms with Crippen LogP contribution in [0.5, 0.6) is 5.75 Å². The van der Waals surface area contributed by atoms with Crippen molar-refractivity contribution in [1.82, 2.24) is 0 Å². The predicted octanol–water partition coefficient (Wildman–Crippen LogP) is 4.13. The number of hydrogen-bond acceptors (Lipinski definition) is 3. The van der Waals surface area contributed by atoms with E-state index in [-0.39, 0.29) is 5.41 Å². The lowest BCUT2D eigenvalue weighted by Gasteiger charge is -2.23. The van der Waals surface area contributed by atoms with Gasteiger partial charge in [0.2, 0.25) is 0 Å². The Morgan fingerprint density at radius 1 is 1.17 bits per heavy atom. The number of benzene rings is 2. The molecule has 0 spiro atoms. The maximum absolute atomic E-state index is 11.0. The molecule has 2 aromatic rings. The SMILES string of the molecule is Cc1cc(N(C)c2ccc(C(=O)O)cc2)cc2c1OCC2(C)C. The highest BCUT2D eigenvalue weighted by Crippen LogP contribution is 2.43. The molecule has 0 saturated carbocycles. The zero-order valence-electron chi connectivity index (χ0n) is 13.9. The molecular weight excluding hydrogens is 290 g/mol. The number of rotatable bonds is 3. The number of nitrogens with zero attached hydrogens (tertiary/aromatic N) is 1. The van der Waals surface area contributed by atoms with E-state index < -0.39 is 5.97 Å². The summed E-state index contributed by atoms with van der Waals surface area (Å²) in [6, 6.07) is 11.2. The van der Waals surface area contributed by atoms with Gasteiger partial charge in [0.25, 0.3) is 0 Å². The quantitative estimate of drug-likeness (QED) is 0.926.